The highest BCUT2D eigenvalue weighted by Crippen LogP contribution is 2.35. The lowest BCUT2D eigenvalue weighted by Crippen LogP contribution is -2.47. The Hall–Kier alpha value is -2.78. The fraction of sp³-hybridized carbons (Fsp3) is 0.350. The molecular formula is C20H22N4O4S. The second-order valence-corrected chi connectivity index (χ2v) is 9.28. The number of hydrogen-bond acceptors (Lipinski definition) is 7. The fourth-order valence-corrected chi connectivity index (χ4v) is 5.21. The lowest BCUT2D eigenvalue weighted by Gasteiger charge is -2.37. The third kappa shape index (κ3) is 3.75. The van der Waals surface area contributed by atoms with Gasteiger partial charge in [-0.05, 0) is 37.1 Å². The van der Waals surface area contributed by atoms with E-state index in [4.69, 9.17) is 9.26 Å². The number of ether oxygens (including phenoxy) is 1. The lowest BCUT2D eigenvalue weighted by molar-refractivity contribution is 0.226. The lowest BCUT2D eigenvalue weighted by atomic mass is 9.82. The van der Waals surface area contributed by atoms with E-state index in [1.807, 2.05) is 6.92 Å². The van der Waals surface area contributed by atoms with Crippen LogP contribution in [0.5, 0.6) is 5.75 Å². The van der Waals surface area contributed by atoms with Gasteiger partial charge in [0.1, 0.15) is 5.75 Å². The highest BCUT2D eigenvalue weighted by Gasteiger charge is 2.41. The molecule has 0 saturated carbocycles. The van der Waals surface area contributed by atoms with Crippen molar-refractivity contribution in [1.29, 1.82) is 0 Å². The molecule has 29 heavy (non-hydrogen) atoms. The van der Waals surface area contributed by atoms with E-state index < -0.39 is 15.4 Å². The first-order valence-corrected chi connectivity index (χ1v) is 10.8. The van der Waals surface area contributed by atoms with Gasteiger partial charge in [0.25, 0.3) is 5.89 Å². The summed E-state index contributed by atoms with van der Waals surface area (Å²) in [5.41, 5.74) is 0.234. The highest BCUT2D eigenvalue weighted by molar-refractivity contribution is 7.89. The van der Waals surface area contributed by atoms with Crippen LogP contribution in [0.25, 0.3) is 11.5 Å². The van der Waals surface area contributed by atoms with Gasteiger partial charge in [0, 0.05) is 42.5 Å². The number of methoxy groups -OCH3 is 1. The number of sulfonamides is 1. The molecule has 9 heteroatoms. The van der Waals surface area contributed by atoms with Crippen molar-refractivity contribution in [2.75, 3.05) is 20.2 Å². The number of rotatable bonds is 5. The SMILES string of the molecule is COc1cccc(S(=O)(=O)N2CCCC(C)(c3noc(-c4ccncc4)n3)C2)c1. The van der Waals surface area contributed by atoms with Crippen LogP contribution in [0.2, 0.25) is 0 Å². The van der Waals surface area contributed by atoms with Crippen LogP contribution < -0.4 is 4.74 Å². The summed E-state index contributed by atoms with van der Waals surface area (Å²) >= 11 is 0. The summed E-state index contributed by atoms with van der Waals surface area (Å²) in [6, 6.07) is 10.1. The minimum atomic E-state index is -3.66. The van der Waals surface area contributed by atoms with Gasteiger partial charge in [0.15, 0.2) is 5.82 Å². The molecule has 152 valence electrons. The number of piperidine rings is 1. The topological polar surface area (TPSA) is 98.4 Å². The van der Waals surface area contributed by atoms with Crippen LogP contribution in [-0.4, -0.2) is 48.0 Å². The van der Waals surface area contributed by atoms with Crippen molar-refractivity contribution < 1.29 is 17.7 Å². The molecule has 0 spiro atoms. The van der Waals surface area contributed by atoms with Crippen molar-refractivity contribution in [3.63, 3.8) is 0 Å². The average Bonchev–Trinajstić information content (AvgIpc) is 3.26. The van der Waals surface area contributed by atoms with Crippen molar-refractivity contribution in [3.05, 3.63) is 54.6 Å². The van der Waals surface area contributed by atoms with E-state index in [0.717, 1.165) is 12.0 Å². The van der Waals surface area contributed by atoms with Crippen molar-refractivity contribution in [2.24, 2.45) is 0 Å². The number of aromatic nitrogens is 3. The number of pyridine rings is 1. The third-order valence-corrected chi connectivity index (χ3v) is 7.07. The summed E-state index contributed by atoms with van der Waals surface area (Å²) in [6.07, 6.45) is 4.79. The molecule has 8 nitrogen and oxygen atoms in total. The molecule has 2 aromatic heterocycles. The molecule has 0 N–H and O–H groups in total. The Morgan fingerprint density at radius 3 is 2.76 bits per heavy atom. The molecule has 0 aliphatic carbocycles. The summed E-state index contributed by atoms with van der Waals surface area (Å²) in [7, 11) is -2.15. The predicted octanol–water partition coefficient (Wildman–Crippen LogP) is 2.88. The Balaban J connectivity index is 1.61. The minimum absolute atomic E-state index is 0.215. The van der Waals surface area contributed by atoms with Gasteiger partial charge in [-0.15, -0.1) is 0 Å². The quantitative estimate of drug-likeness (QED) is 0.633. The Morgan fingerprint density at radius 1 is 1.21 bits per heavy atom. The molecule has 0 radical (unpaired) electrons. The van der Waals surface area contributed by atoms with Crippen LogP contribution >= 0.6 is 0 Å². The number of nitrogens with zero attached hydrogens (tertiary/aromatic N) is 4. The van der Waals surface area contributed by atoms with Crippen molar-refractivity contribution in [2.45, 2.75) is 30.1 Å². The maximum absolute atomic E-state index is 13.2. The Morgan fingerprint density at radius 2 is 2.00 bits per heavy atom. The van der Waals surface area contributed by atoms with Gasteiger partial charge in [0.2, 0.25) is 10.0 Å². The first-order chi connectivity index (χ1) is 13.9. The molecule has 3 aromatic rings. The smallest absolute Gasteiger partial charge is 0.258 e. The Labute approximate surface area is 169 Å². The van der Waals surface area contributed by atoms with Gasteiger partial charge in [-0.2, -0.15) is 9.29 Å². The largest absolute Gasteiger partial charge is 0.497 e. The van der Waals surface area contributed by atoms with Gasteiger partial charge < -0.3 is 9.26 Å². The zero-order valence-corrected chi connectivity index (χ0v) is 17.1. The van der Waals surface area contributed by atoms with E-state index in [1.165, 1.54) is 17.5 Å². The molecule has 0 amide bonds. The summed E-state index contributed by atoms with van der Waals surface area (Å²) in [6.45, 7) is 2.70. The summed E-state index contributed by atoms with van der Waals surface area (Å²) in [5, 5.41) is 4.16. The molecule has 1 aliphatic heterocycles. The van der Waals surface area contributed by atoms with E-state index in [1.54, 1.807) is 42.7 Å². The van der Waals surface area contributed by atoms with E-state index in [9.17, 15) is 8.42 Å². The summed E-state index contributed by atoms with van der Waals surface area (Å²) < 4.78 is 38.5. The van der Waals surface area contributed by atoms with E-state index in [-0.39, 0.29) is 11.4 Å². The third-order valence-electron chi connectivity index (χ3n) is 5.23. The molecule has 1 aliphatic rings. The molecule has 1 aromatic carbocycles. The predicted molar refractivity (Wildman–Crippen MR) is 106 cm³/mol. The fourth-order valence-electron chi connectivity index (χ4n) is 3.57. The van der Waals surface area contributed by atoms with Gasteiger partial charge in [-0.3, -0.25) is 4.98 Å². The Kier molecular flexibility index (Phi) is 5.10. The molecule has 1 atom stereocenters. The molecule has 3 heterocycles. The van der Waals surface area contributed by atoms with Crippen LogP contribution in [0, 0.1) is 0 Å². The Bertz CT molecular complexity index is 1100. The van der Waals surface area contributed by atoms with Crippen LogP contribution in [0.1, 0.15) is 25.6 Å². The molecule has 1 fully saturated rings. The first kappa shape index (κ1) is 19.5. The highest BCUT2D eigenvalue weighted by atomic mass is 32.2. The molecular weight excluding hydrogens is 392 g/mol. The average molecular weight is 414 g/mol. The van der Waals surface area contributed by atoms with E-state index >= 15 is 0 Å². The van der Waals surface area contributed by atoms with Gasteiger partial charge in [-0.1, -0.05) is 18.1 Å². The van der Waals surface area contributed by atoms with Crippen LogP contribution in [0.15, 0.2) is 58.2 Å². The minimum Gasteiger partial charge on any atom is -0.497 e. The maximum Gasteiger partial charge on any atom is 0.258 e. The molecule has 1 saturated heterocycles. The van der Waals surface area contributed by atoms with Crippen LogP contribution in [0.3, 0.4) is 0 Å². The molecule has 0 bridgehead atoms. The normalized spacial score (nSPS) is 20.5. The van der Waals surface area contributed by atoms with Crippen LogP contribution in [0.4, 0.5) is 0 Å². The molecule has 1 unspecified atom stereocenters. The number of benzene rings is 1. The number of hydrogen-bond donors (Lipinski definition) is 0. The first-order valence-electron chi connectivity index (χ1n) is 9.31. The zero-order valence-electron chi connectivity index (χ0n) is 16.3. The van der Waals surface area contributed by atoms with E-state index in [2.05, 4.69) is 15.1 Å². The van der Waals surface area contributed by atoms with Crippen molar-refractivity contribution >= 4 is 10.0 Å². The second kappa shape index (κ2) is 7.57. The second-order valence-electron chi connectivity index (χ2n) is 7.34. The van der Waals surface area contributed by atoms with Crippen LogP contribution in [-0.2, 0) is 15.4 Å². The van der Waals surface area contributed by atoms with E-state index in [0.29, 0.717) is 30.4 Å². The maximum atomic E-state index is 13.2. The van der Waals surface area contributed by atoms with Gasteiger partial charge >= 0.3 is 0 Å². The monoisotopic (exact) mass is 414 g/mol. The van der Waals surface area contributed by atoms with Crippen molar-refractivity contribution in [3.8, 4) is 17.2 Å². The zero-order chi connectivity index (χ0) is 20.5. The summed E-state index contributed by atoms with van der Waals surface area (Å²) in [4.78, 5) is 8.75. The molecule has 4 rings (SSSR count). The van der Waals surface area contributed by atoms with Crippen molar-refractivity contribution in [1.82, 2.24) is 19.4 Å². The summed E-state index contributed by atoms with van der Waals surface area (Å²) in [5.74, 6) is 1.41. The van der Waals surface area contributed by atoms with Gasteiger partial charge in [-0.25, -0.2) is 8.42 Å². The van der Waals surface area contributed by atoms with Gasteiger partial charge in [0.05, 0.1) is 12.0 Å². The standard InChI is InChI=1S/C20H22N4O4S/c1-20(19-22-18(28-23-19)15-7-10-21-11-8-15)9-4-12-24(14-20)29(25,26)17-6-3-5-16(13-17)27-2/h3,5-8,10-11,13H,4,9,12,14H2,1-2H3.